The van der Waals surface area contributed by atoms with Crippen LogP contribution in [0.25, 0.3) is 11.4 Å². The molecule has 25 heavy (non-hydrogen) atoms. The fraction of sp³-hybridized carbons (Fsp3) is 0.235. The lowest BCUT2D eigenvalue weighted by Gasteiger charge is -2.10. The van der Waals surface area contributed by atoms with Crippen LogP contribution in [0.1, 0.15) is 22.6 Å². The molecule has 5 nitrogen and oxygen atoms in total. The van der Waals surface area contributed by atoms with Crippen LogP contribution in [-0.4, -0.2) is 15.1 Å². The second-order valence-electron chi connectivity index (χ2n) is 5.52. The van der Waals surface area contributed by atoms with E-state index in [-0.39, 0.29) is 6.54 Å². The van der Waals surface area contributed by atoms with E-state index in [0.29, 0.717) is 34.2 Å². The summed E-state index contributed by atoms with van der Waals surface area (Å²) in [4.78, 5) is 8.58. The van der Waals surface area contributed by atoms with E-state index in [2.05, 4.69) is 20.4 Å². The monoisotopic (exact) mass is 348 g/mol. The van der Waals surface area contributed by atoms with Crippen molar-refractivity contribution in [3.63, 3.8) is 0 Å². The molecule has 2 heterocycles. The van der Waals surface area contributed by atoms with Crippen molar-refractivity contribution >= 4 is 5.82 Å². The summed E-state index contributed by atoms with van der Waals surface area (Å²) < 4.78 is 43.4. The van der Waals surface area contributed by atoms with Gasteiger partial charge in [-0.05, 0) is 37.6 Å². The van der Waals surface area contributed by atoms with Crippen molar-refractivity contribution in [1.29, 1.82) is 0 Å². The molecule has 0 aliphatic heterocycles. The average molecular weight is 348 g/mol. The van der Waals surface area contributed by atoms with Crippen molar-refractivity contribution < 1.29 is 17.7 Å². The molecule has 0 unspecified atom stereocenters. The second-order valence-corrected chi connectivity index (χ2v) is 5.52. The molecule has 1 aromatic carbocycles. The molecule has 0 amide bonds. The lowest BCUT2D eigenvalue weighted by atomic mass is 10.1. The lowest BCUT2D eigenvalue weighted by Crippen LogP contribution is -2.07. The maximum atomic E-state index is 12.8. The van der Waals surface area contributed by atoms with Gasteiger partial charge in [-0.1, -0.05) is 17.3 Å². The molecule has 0 saturated carbocycles. The first kappa shape index (κ1) is 16.9. The normalized spacial score (nSPS) is 11.6. The van der Waals surface area contributed by atoms with Crippen LogP contribution >= 0.6 is 0 Å². The highest BCUT2D eigenvalue weighted by Gasteiger charge is 2.30. The van der Waals surface area contributed by atoms with Crippen LogP contribution < -0.4 is 5.32 Å². The summed E-state index contributed by atoms with van der Waals surface area (Å²) in [6.45, 7) is 3.77. The Labute approximate surface area is 141 Å². The van der Waals surface area contributed by atoms with Crippen LogP contribution in [-0.2, 0) is 12.7 Å². The molecule has 0 aliphatic carbocycles. The molecule has 3 rings (SSSR count). The Bertz CT molecular complexity index is 870. The molecule has 0 aliphatic rings. The van der Waals surface area contributed by atoms with Gasteiger partial charge >= 0.3 is 6.18 Å². The summed E-state index contributed by atoms with van der Waals surface area (Å²) in [5.41, 5.74) is 1.22. The van der Waals surface area contributed by atoms with E-state index in [1.54, 1.807) is 32.2 Å². The van der Waals surface area contributed by atoms with E-state index in [1.807, 2.05) is 0 Å². The van der Waals surface area contributed by atoms with E-state index in [9.17, 15) is 13.2 Å². The third-order valence-corrected chi connectivity index (χ3v) is 3.64. The largest absolute Gasteiger partial charge is 0.416 e. The first-order valence-corrected chi connectivity index (χ1v) is 7.51. The number of benzene rings is 1. The molecule has 0 saturated heterocycles. The number of halogens is 3. The summed E-state index contributed by atoms with van der Waals surface area (Å²) in [6, 6.07) is 6.82. The predicted octanol–water partition coefficient (Wildman–Crippen LogP) is 4.38. The van der Waals surface area contributed by atoms with Gasteiger partial charge in [0.15, 0.2) is 5.82 Å². The van der Waals surface area contributed by atoms with E-state index < -0.39 is 11.7 Å². The molecule has 0 spiro atoms. The van der Waals surface area contributed by atoms with Crippen molar-refractivity contribution in [3.8, 4) is 11.4 Å². The summed E-state index contributed by atoms with van der Waals surface area (Å²) in [5.74, 6) is 1.56. The molecule has 0 atom stereocenters. The smallest absolute Gasteiger partial charge is 0.366 e. The van der Waals surface area contributed by atoms with Crippen LogP contribution in [0.2, 0.25) is 0 Å². The van der Waals surface area contributed by atoms with Gasteiger partial charge in [-0.15, -0.1) is 0 Å². The van der Waals surface area contributed by atoms with Crippen LogP contribution in [0.15, 0.2) is 41.1 Å². The highest BCUT2D eigenvalue weighted by atomic mass is 19.4. The zero-order chi connectivity index (χ0) is 18.0. The van der Waals surface area contributed by atoms with Crippen molar-refractivity contribution in [2.45, 2.75) is 26.6 Å². The Balaban J connectivity index is 1.78. The van der Waals surface area contributed by atoms with Gasteiger partial charge in [0, 0.05) is 12.7 Å². The molecule has 2 aromatic heterocycles. The number of nitrogens with one attached hydrogen (secondary N) is 1. The number of rotatable bonds is 4. The number of alkyl halides is 3. The number of anilines is 1. The van der Waals surface area contributed by atoms with Gasteiger partial charge in [-0.2, -0.15) is 13.2 Å². The molecular weight excluding hydrogens is 333 g/mol. The Hall–Kier alpha value is -2.90. The average Bonchev–Trinajstić information content (AvgIpc) is 2.91. The molecule has 8 heteroatoms. The lowest BCUT2D eigenvalue weighted by molar-refractivity contribution is -0.137. The Morgan fingerprint density at radius 1 is 1.16 bits per heavy atom. The van der Waals surface area contributed by atoms with Gasteiger partial charge in [-0.25, -0.2) is 9.97 Å². The minimum atomic E-state index is -4.36. The molecule has 3 aromatic rings. The van der Waals surface area contributed by atoms with Gasteiger partial charge < -0.3 is 9.84 Å². The molecule has 0 radical (unpaired) electrons. The van der Waals surface area contributed by atoms with Crippen LogP contribution in [0.4, 0.5) is 19.0 Å². The second kappa shape index (κ2) is 6.54. The number of hydrogen-bond donors (Lipinski definition) is 1. The van der Waals surface area contributed by atoms with E-state index >= 15 is 0 Å². The van der Waals surface area contributed by atoms with E-state index in [0.717, 1.165) is 12.1 Å². The Kier molecular flexibility index (Phi) is 4.43. The number of aromatic nitrogens is 3. The molecule has 130 valence electrons. The van der Waals surface area contributed by atoms with Gasteiger partial charge in [0.2, 0.25) is 0 Å². The Morgan fingerprint density at radius 2 is 1.96 bits per heavy atom. The number of aryl methyl sites for hydroxylation is 2. The van der Waals surface area contributed by atoms with Crippen molar-refractivity contribution in [2.24, 2.45) is 0 Å². The topological polar surface area (TPSA) is 63.8 Å². The van der Waals surface area contributed by atoms with E-state index in [1.165, 1.54) is 6.07 Å². The number of nitrogens with zero attached hydrogens (tertiary/aromatic N) is 3. The summed E-state index contributed by atoms with van der Waals surface area (Å²) in [7, 11) is 0. The fourth-order valence-electron chi connectivity index (χ4n) is 2.43. The molecule has 0 bridgehead atoms. The summed E-state index contributed by atoms with van der Waals surface area (Å²) in [5, 5.41) is 6.88. The van der Waals surface area contributed by atoms with Crippen LogP contribution in [0.5, 0.6) is 0 Å². The molecule has 0 fully saturated rings. The van der Waals surface area contributed by atoms with Gasteiger partial charge in [-0.3, -0.25) is 0 Å². The number of hydrogen-bond acceptors (Lipinski definition) is 5. The van der Waals surface area contributed by atoms with Gasteiger partial charge in [0.05, 0.1) is 16.8 Å². The van der Waals surface area contributed by atoms with Crippen LogP contribution in [0, 0.1) is 13.8 Å². The van der Waals surface area contributed by atoms with Crippen molar-refractivity contribution in [1.82, 2.24) is 15.1 Å². The summed E-state index contributed by atoms with van der Waals surface area (Å²) in [6.07, 6.45) is -2.79. The highest BCUT2D eigenvalue weighted by Crippen LogP contribution is 2.29. The van der Waals surface area contributed by atoms with Crippen LogP contribution in [0.3, 0.4) is 0 Å². The molecular formula is C17H15F3N4O. The van der Waals surface area contributed by atoms with Crippen molar-refractivity contribution in [2.75, 3.05) is 5.32 Å². The first-order valence-electron chi connectivity index (χ1n) is 7.51. The summed E-state index contributed by atoms with van der Waals surface area (Å²) >= 11 is 0. The van der Waals surface area contributed by atoms with Gasteiger partial charge in [0.25, 0.3) is 0 Å². The third-order valence-electron chi connectivity index (χ3n) is 3.64. The predicted molar refractivity (Wildman–Crippen MR) is 85.8 cm³/mol. The van der Waals surface area contributed by atoms with Gasteiger partial charge in [0.1, 0.15) is 11.6 Å². The quantitative estimate of drug-likeness (QED) is 0.758. The fourth-order valence-corrected chi connectivity index (χ4v) is 2.43. The zero-order valence-corrected chi connectivity index (χ0v) is 13.6. The maximum absolute atomic E-state index is 12.8. The first-order chi connectivity index (χ1) is 11.8. The standard InChI is InChI=1S/C17H15F3N4O/c1-10-15(11(2)25-24-10)16-21-7-6-14(23-16)22-9-12-4-3-5-13(8-12)17(18,19)20/h3-8H,9H2,1-2H3,(H,21,22,23). The Morgan fingerprint density at radius 3 is 2.64 bits per heavy atom. The molecule has 1 N–H and O–H groups in total. The highest BCUT2D eigenvalue weighted by molar-refractivity contribution is 5.61. The zero-order valence-electron chi connectivity index (χ0n) is 13.6. The third kappa shape index (κ3) is 3.78. The van der Waals surface area contributed by atoms with Crippen molar-refractivity contribution in [3.05, 3.63) is 59.1 Å². The minimum Gasteiger partial charge on any atom is -0.366 e. The van der Waals surface area contributed by atoms with E-state index in [4.69, 9.17) is 4.52 Å². The minimum absolute atomic E-state index is 0.210. The SMILES string of the molecule is Cc1noc(C)c1-c1nccc(NCc2cccc(C(F)(F)F)c2)n1. The maximum Gasteiger partial charge on any atom is 0.416 e.